The predicted octanol–water partition coefficient (Wildman–Crippen LogP) is 5.40. The minimum Gasteiger partial charge on any atom is -0.268 e. The molecule has 0 atom stereocenters. The maximum Gasteiger partial charge on any atom is 0.270 e. The van der Waals surface area contributed by atoms with E-state index >= 15 is 0 Å². The molecule has 110 valence electrons. The second-order valence-corrected chi connectivity index (χ2v) is 7.04. The predicted molar refractivity (Wildman–Crippen MR) is 98.6 cm³/mol. The number of thiocarbonyl (C=S) groups is 1. The van der Waals surface area contributed by atoms with E-state index < -0.39 is 0 Å². The van der Waals surface area contributed by atoms with Gasteiger partial charge in [-0.3, -0.25) is 9.69 Å². The summed E-state index contributed by atoms with van der Waals surface area (Å²) in [5, 5.41) is 1.05. The molecule has 0 N–H and O–H groups in total. The lowest BCUT2D eigenvalue weighted by Gasteiger charge is -2.13. The molecule has 2 nitrogen and oxygen atoms in total. The molecule has 22 heavy (non-hydrogen) atoms. The Bertz CT molecular complexity index is 790. The quantitative estimate of drug-likeness (QED) is 0.524. The van der Waals surface area contributed by atoms with Crippen LogP contribution in [0.2, 0.25) is 10.0 Å². The third-order valence-corrected chi connectivity index (χ3v) is 4.92. The fourth-order valence-electron chi connectivity index (χ4n) is 2.03. The number of benzene rings is 2. The Kier molecular flexibility index (Phi) is 4.54. The van der Waals surface area contributed by atoms with Gasteiger partial charge >= 0.3 is 0 Å². The van der Waals surface area contributed by atoms with E-state index in [1.54, 1.807) is 24.3 Å². The first-order chi connectivity index (χ1) is 10.6. The van der Waals surface area contributed by atoms with Crippen molar-refractivity contribution in [2.45, 2.75) is 0 Å². The highest BCUT2D eigenvalue weighted by Crippen LogP contribution is 2.36. The SMILES string of the molecule is O=C1C(=Cc2ccc(Cl)cc2Cl)SC(=S)N1c1ccccc1. The molecule has 1 amide bonds. The van der Waals surface area contributed by atoms with Gasteiger partial charge in [0.25, 0.3) is 5.91 Å². The van der Waals surface area contributed by atoms with Crippen molar-refractivity contribution in [3.63, 3.8) is 0 Å². The zero-order valence-corrected chi connectivity index (χ0v) is 14.3. The maximum absolute atomic E-state index is 12.6. The number of para-hydroxylation sites is 1. The molecule has 1 saturated heterocycles. The van der Waals surface area contributed by atoms with E-state index in [-0.39, 0.29) is 5.91 Å². The molecule has 6 heteroatoms. The first kappa shape index (κ1) is 15.6. The zero-order valence-electron chi connectivity index (χ0n) is 11.1. The molecule has 0 saturated carbocycles. The van der Waals surface area contributed by atoms with Crippen molar-refractivity contribution in [1.82, 2.24) is 0 Å². The number of hydrogen-bond acceptors (Lipinski definition) is 3. The fourth-order valence-corrected chi connectivity index (χ4v) is 3.78. The lowest BCUT2D eigenvalue weighted by Crippen LogP contribution is -2.27. The summed E-state index contributed by atoms with van der Waals surface area (Å²) in [5.41, 5.74) is 1.50. The zero-order chi connectivity index (χ0) is 15.7. The molecule has 0 bridgehead atoms. The smallest absolute Gasteiger partial charge is 0.268 e. The average molecular weight is 366 g/mol. The monoisotopic (exact) mass is 365 g/mol. The first-order valence-electron chi connectivity index (χ1n) is 6.34. The summed E-state index contributed by atoms with van der Waals surface area (Å²) in [7, 11) is 0. The van der Waals surface area contributed by atoms with Crippen LogP contribution in [0.1, 0.15) is 5.56 Å². The summed E-state index contributed by atoms with van der Waals surface area (Å²) in [6, 6.07) is 14.5. The Hall–Kier alpha value is -1.33. The number of carbonyl (C=O) groups is 1. The number of halogens is 2. The highest BCUT2D eigenvalue weighted by molar-refractivity contribution is 8.27. The first-order valence-corrected chi connectivity index (χ1v) is 8.32. The van der Waals surface area contributed by atoms with Gasteiger partial charge in [0.15, 0.2) is 4.32 Å². The van der Waals surface area contributed by atoms with Crippen molar-refractivity contribution in [3.05, 3.63) is 69.0 Å². The number of nitrogens with zero attached hydrogens (tertiary/aromatic N) is 1. The Morgan fingerprint density at radius 2 is 1.82 bits per heavy atom. The average Bonchev–Trinajstić information content (AvgIpc) is 2.77. The van der Waals surface area contributed by atoms with Gasteiger partial charge < -0.3 is 0 Å². The van der Waals surface area contributed by atoms with Crippen LogP contribution in [-0.4, -0.2) is 10.2 Å². The van der Waals surface area contributed by atoms with E-state index in [0.717, 1.165) is 11.3 Å². The molecule has 0 unspecified atom stereocenters. The van der Waals surface area contributed by atoms with Crippen molar-refractivity contribution in [2.75, 3.05) is 4.90 Å². The standard InChI is InChI=1S/C16H9Cl2NOS2/c17-11-7-6-10(13(18)9-11)8-14-15(20)19(16(21)22-14)12-4-2-1-3-5-12/h1-9H. The van der Waals surface area contributed by atoms with E-state index in [2.05, 4.69) is 0 Å². The molecule has 0 radical (unpaired) electrons. The largest absolute Gasteiger partial charge is 0.270 e. The second kappa shape index (κ2) is 6.42. The summed E-state index contributed by atoms with van der Waals surface area (Å²) in [4.78, 5) is 14.6. The van der Waals surface area contributed by atoms with Crippen LogP contribution in [0, 0.1) is 0 Å². The van der Waals surface area contributed by atoms with E-state index in [9.17, 15) is 4.79 Å². The summed E-state index contributed by atoms with van der Waals surface area (Å²) in [6.45, 7) is 0. The molecule has 3 rings (SSSR count). The molecular formula is C16H9Cl2NOS2. The van der Waals surface area contributed by atoms with Gasteiger partial charge in [-0.15, -0.1) is 0 Å². The summed E-state index contributed by atoms with van der Waals surface area (Å²) < 4.78 is 0.507. The van der Waals surface area contributed by atoms with Crippen molar-refractivity contribution in [1.29, 1.82) is 0 Å². The van der Waals surface area contributed by atoms with Crippen molar-refractivity contribution >= 4 is 69.2 Å². The van der Waals surface area contributed by atoms with E-state index in [1.807, 2.05) is 30.3 Å². The van der Waals surface area contributed by atoms with Crippen molar-refractivity contribution in [3.8, 4) is 0 Å². The molecule has 0 aliphatic carbocycles. The van der Waals surface area contributed by atoms with E-state index in [0.29, 0.717) is 19.3 Å². The van der Waals surface area contributed by atoms with Gasteiger partial charge in [-0.05, 0) is 35.9 Å². The Morgan fingerprint density at radius 1 is 1.09 bits per heavy atom. The van der Waals surface area contributed by atoms with Gasteiger partial charge in [0.2, 0.25) is 0 Å². The van der Waals surface area contributed by atoms with Crippen LogP contribution in [0.15, 0.2) is 53.4 Å². The van der Waals surface area contributed by atoms with Crippen LogP contribution in [0.4, 0.5) is 5.69 Å². The molecular weight excluding hydrogens is 357 g/mol. The van der Waals surface area contributed by atoms with Gasteiger partial charge in [-0.2, -0.15) is 0 Å². The molecule has 2 aromatic rings. The summed E-state index contributed by atoms with van der Waals surface area (Å²) in [6.07, 6.45) is 1.74. The number of amides is 1. The lowest BCUT2D eigenvalue weighted by atomic mass is 10.2. The summed E-state index contributed by atoms with van der Waals surface area (Å²) in [5.74, 6) is -0.146. The van der Waals surface area contributed by atoms with Crippen LogP contribution in [0.3, 0.4) is 0 Å². The second-order valence-electron chi connectivity index (χ2n) is 4.52. The molecule has 0 aromatic heterocycles. The van der Waals surface area contributed by atoms with Crippen molar-refractivity contribution < 1.29 is 4.79 Å². The highest BCUT2D eigenvalue weighted by atomic mass is 35.5. The number of carbonyl (C=O) groups excluding carboxylic acids is 1. The van der Waals surface area contributed by atoms with Crippen LogP contribution >= 0.6 is 47.2 Å². The van der Waals surface area contributed by atoms with Crippen LogP contribution < -0.4 is 4.90 Å². The molecule has 1 aliphatic rings. The lowest BCUT2D eigenvalue weighted by molar-refractivity contribution is -0.113. The summed E-state index contributed by atoms with van der Waals surface area (Å²) >= 11 is 18.6. The van der Waals surface area contributed by atoms with Crippen LogP contribution in [0.25, 0.3) is 6.08 Å². The number of hydrogen-bond donors (Lipinski definition) is 0. The van der Waals surface area contributed by atoms with Gasteiger partial charge in [0.1, 0.15) is 0 Å². The Morgan fingerprint density at radius 3 is 2.50 bits per heavy atom. The number of anilines is 1. The number of rotatable bonds is 2. The Labute approximate surface area is 147 Å². The van der Waals surface area contributed by atoms with Gasteiger partial charge in [-0.1, -0.05) is 71.4 Å². The molecule has 1 aliphatic heterocycles. The molecule has 1 heterocycles. The fraction of sp³-hybridized carbons (Fsp3) is 0. The Balaban J connectivity index is 1.96. The van der Waals surface area contributed by atoms with Gasteiger partial charge in [-0.25, -0.2) is 0 Å². The van der Waals surface area contributed by atoms with Gasteiger partial charge in [0.05, 0.1) is 10.6 Å². The third-order valence-electron chi connectivity index (χ3n) is 3.06. The van der Waals surface area contributed by atoms with E-state index in [4.69, 9.17) is 35.4 Å². The third kappa shape index (κ3) is 3.06. The van der Waals surface area contributed by atoms with Crippen LogP contribution in [0.5, 0.6) is 0 Å². The molecule has 1 fully saturated rings. The van der Waals surface area contributed by atoms with Crippen LogP contribution in [-0.2, 0) is 4.79 Å². The maximum atomic E-state index is 12.6. The topological polar surface area (TPSA) is 20.3 Å². The molecule has 2 aromatic carbocycles. The van der Waals surface area contributed by atoms with Gasteiger partial charge in [0, 0.05) is 10.0 Å². The van der Waals surface area contributed by atoms with E-state index in [1.165, 1.54) is 16.7 Å². The minimum absolute atomic E-state index is 0.146. The highest BCUT2D eigenvalue weighted by Gasteiger charge is 2.33. The normalized spacial score (nSPS) is 16.6. The minimum atomic E-state index is -0.146. The molecule has 0 spiro atoms. The van der Waals surface area contributed by atoms with Crippen molar-refractivity contribution in [2.24, 2.45) is 0 Å². The number of thioether (sulfide) groups is 1.